The lowest BCUT2D eigenvalue weighted by Crippen LogP contribution is -2.11. The number of methoxy groups -OCH3 is 1. The average molecular weight is 284 g/mol. The van der Waals surface area contributed by atoms with E-state index in [0.717, 1.165) is 22.4 Å². The summed E-state index contributed by atoms with van der Waals surface area (Å²) < 4.78 is 5.32. The van der Waals surface area contributed by atoms with Crippen LogP contribution in [0.2, 0.25) is 0 Å². The molecule has 0 saturated heterocycles. The van der Waals surface area contributed by atoms with E-state index >= 15 is 0 Å². The predicted octanol–water partition coefficient (Wildman–Crippen LogP) is 4.38. The minimum atomic E-state index is -0.631. The zero-order chi connectivity index (χ0) is 15.6. The normalized spacial score (nSPS) is 13.0. The highest BCUT2D eigenvalue weighted by atomic mass is 16.5. The summed E-state index contributed by atoms with van der Waals surface area (Å²) in [5.74, 6) is 0.804. The third-order valence-electron chi connectivity index (χ3n) is 3.84. The minimum absolute atomic E-state index is 0.122. The van der Waals surface area contributed by atoms with Crippen molar-refractivity contribution in [3.8, 4) is 5.75 Å². The van der Waals surface area contributed by atoms with Gasteiger partial charge in [-0.05, 0) is 40.7 Å². The Morgan fingerprint density at radius 3 is 2.05 bits per heavy atom. The van der Waals surface area contributed by atoms with Crippen LogP contribution in [0.25, 0.3) is 0 Å². The Balaban J connectivity index is 2.29. The van der Waals surface area contributed by atoms with Gasteiger partial charge in [0.25, 0.3) is 0 Å². The van der Waals surface area contributed by atoms with Crippen molar-refractivity contribution in [1.82, 2.24) is 0 Å². The summed E-state index contributed by atoms with van der Waals surface area (Å²) in [6.07, 6.45) is -0.631. The number of hydrogen-bond acceptors (Lipinski definition) is 2. The van der Waals surface area contributed by atoms with Crippen molar-refractivity contribution in [1.29, 1.82) is 0 Å². The van der Waals surface area contributed by atoms with Gasteiger partial charge in [0.2, 0.25) is 0 Å². The molecule has 2 rings (SSSR count). The summed E-state index contributed by atoms with van der Waals surface area (Å²) >= 11 is 0. The number of rotatable bonds is 3. The molecule has 0 saturated carbocycles. The van der Waals surface area contributed by atoms with Crippen LogP contribution < -0.4 is 4.74 Å². The van der Waals surface area contributed by atoms with Crippen LogP contribution >= 0.6 is 0 Å². The number of aryl methyl sites for hydroxylation is 1. The molecule has 0 spiro atoms. The molecular formula is C19H24O2. The maximum absolute atomic E-state index is 10.5. The van der Waals surface area contributed by atoms with Crippen molar-refractivity contribution in [2.75, 3.05) is 7.11 Å². The molecular weight excluding hydrogens is 260 g/mol. The molecule has 21 heavy (non-hydrogen) atoms. The summed E-state index contributed by atoms with van der Waals surface area (Å²) in [7, 11) is 1.65. The first-order valence-corrected chi connectivity index (χ1v) is 7.26. The number of aliphatic hydroxyl groups excluding tert-OH is 1. The van der Waals surface area contributed by atoms with Gasteiger partial charge < -0.3 is 9.84 Å². The Labute approximate surface area is 127 Å². The summed E-state index contributed by atoms with van der Waals surface area (Å²) in [6, 6.07) is 14.0. The van der Waals surface area contributed by atoms with E-state index in [-0.39, 0.29) is 5.41 Å². The van der Waals surface area contributed by atoms with Gasteiger partial charge in [0.15, 0.2) is 0 Å². The fraction of sp³-hybridized carbons (Fsp3) is 0.368. The molecule has 2 heteroatoms. The summed E-state index contributed by atoms with van der Waals surface area (Å²) in [5.41, 5.74) is 4.20. The average Bonchev–Trinajstić information content (AvgIpc) is 2.46. The fourth-order valence-corrected chi connectivity index (χ4v) is 2.36. The first-order valence-electron chi connectivity index (χ1n) is 7.26. The zero-order valence-corrected chi connectivity index (χ0v) is 13.5. The molecule has 1 atom stereocenters. The van der Waals surface area contributed by atoms with E-state index in [2.05, 4.69) is 32.9 Å². The number of hydrogen-bond donors (Lipinski definition) is 1. The van der Waals surface area contributed by atoms with Crippen LogP contribution in [0.15, 0.2) is 42.5 Å². The van der Waals surface area contributed by atoms with Crippen LogP contribution in [0.3, 0.4) is 0 Å². The second-order valence-electron chi connectivity index (χ2n) is 6.50. The molecule has 0 heterocycles. The third kappa shape index (κ3) is 3.45. The molecule has 0 radical (unpaired) electrons. The summed E-state index contributed by atoms with van der Waals surface area (Å²) in [6.45, 7) is 8.54. The van der Waals surface area contributed by atoms with E-state index in [9.17, 15) is 5.11 Å². The number of benzene rings is 2. The molecule has 2 aromatic rings. The van der Waals surface area contributed by atoms with E-state index in [1.807, 2.05) is 37.3 Å². The van der Waals surface area contributed by atoms with Gasteiger partial charge in [-0.3, -0.25) is 0 Å². The van der Waals surface area contributed by atoms with Gasteiger partial charge in [-0.1, -0.05) is 57.2 Å². The Bertz CT molecular complexity index is 606. The van der Waals surface area contributed by atoms with Crippen LogP contribution in [-0.2, 0) is 5.41 Å². The topological polar surface area (TPSA) is 29.5 Å². The smallest absolute Gasteiger partial charge is 0.122 e. The summed E-state index contributed by atoms with van der Waals surface area (Å²) in [4.78, 5) is 0. The van der Waals surface area contributed by atoms with Crippen molar-refractivity contribution in [3.05, 3.63) is 64.7 Å². The first kappa shape index (κ1) is 15.6. The van der Waals surface area contributed by atoms with Crippen molar-refractivity contribution in [2.45, 2.75) is 39.2 Å². The van der Waals surface area contributed by atoms with Gasteiger partial charge in [-0.15, -0.1) is 0 Å². The standard InChI is InChI=1S/C19H24O2/c1-13-6-7-15(12-17(13)21-5)18(20)14-8-10-16(11-9-14)19(2,3)4/h6-12,18,20H,1-5H3. The molecule has 2 aromatic carbocycles. The minimum Gasteiger partial charge on any atom is -0.496 e. The van der Waals surface area contributed by atoms with Gasteiger partial charge in [0, 0.05) is 0 Å². The Kier molecular flexibility index (Phi) is 4.38. The third-order valence-corrected chi connectivity index (χ3v) is 3.84. The van der Waals surface area contributed by atoms with Crippen molar-refractivity contribution < 1.29 is 9.84 Å². The fourth-order valence-electron chi connectivity index (χ4n) is 2.36. The van der Waals surface area contributed by atoms with Crippen LogP contribution in [-0.4, -0.2) is 12.2 Å². The largest absolute Gasteiger partial charge is 0.496 e. The van der Waals surface area contributed by atoms with Crippen molar-refractivity contribution in [3.63, 3.8) is 0 Å². The molecule has 1 unspecified atom stereocenters. The highest BCUT2D eigenvalue weighted by Crippen LogP contribution is 2.29. The Morgan fingerprint density at radius 2 is 1.52 bits per heavy atom. The molecule has 1 N–H and O–H groups in total. The van der Waals surface area contributed by atoms with Gasteiger partial charge in [0.05, 0.1) is 7.11 Å². The van der Waals surface area contributed by atoms with E-state index in [1.54, 1.807) is 7.11 Å². The molecule has 0 aliphatic rings. The van der Waals surface area contributed by atoms with Crippen LogP contribution in [0, 0.1) is 6.92 Å². The van der Waals surface area contributed by atoms with E-state index in [0.29, 0.717) is 0 Å². The SMILES string of the molecule is COc1cc(C(O)c2ccc(C(C)(C)C)cc2)ccc1C. The van der Waals surface area contributed by atoms with E-state index in [1.165, 1.54) is 5.56 Å². The van der Waals surface area contributed by atoms with Gasteiger partial charge >= 0.3 is 0 Å². The quantitative estimate of drug-likeness (QED) is 0.906. The second kappa shape index (κ2) is 5.90. The highest BCUT2D eigenvalue weighted by molar-refractivity contribution is 5.41. The maximum Gasteiger partial charge on any atom is 0.122 e. The Hall–Kier alpha value is -1.80. The number of ether oxygens (including phenoxy) is 1. The monoisotopic (exact) mass is 284 g/mol. The highest BCUT2D eigenvalue weighted by Gasteiger charge is 2.16. The zero-order valence-electron chi connectivity index (χ0n) is 13.5. The molecule has 0 bridgehead atoms. The molecule has 2 nitrogen and oxygen atoms in total. The first-order chi connectivity index (χ1) is 9.82. The molecule has 0 amide bonds. The molecule has 0 fully saturated rings. The van der Waals surface area contributed by atoms with Gasteiger partial charge in [0.1, 0.15) is 11.9 Å². The Morgan fingerprint density at radius 1 is 0.952 bits per heavy atom. The second-order valence-corrected chi connectivity index (χ2v) is 6.50. The molecule has 0 aliphatic carbocycles. The van der Waals surface area contributed by atoms with E-state index < -0.39 is 6.10 Å². The van der Waals surface area contributed by atoms with Crippen LogP contribution in [0.5, 0.6) is 5.75 Å². The molecule has 0 aromatic heterocycles. The van der Waals surface area contributed by atoms with Gasteiger partial charge in [-0.25, -0.2) is 0 Å². The van der Waals surface area contributed by atoms with Crippen LogP contribution in [0.4, 0.5) is 0 Å². The van der Waals surface area contributed by atoms with Crippen molar-refractivity contribution in [2.24, 2.45) is 0 Å². The summed E-state index contributed by atoms with van der Waals surface area (Å²) in [5, 5.41) is 10.5. The molecule has 0 aliphatic heterocycles. The predicted molar refractivity (Wildman–Crippen MR) is 86.9 cm³/mol. The number of aliphatic hydroxyl groups is 1. The van der Waals surface area contributed by atoms with Gasteiger partial charge in [-0.2, -0.15) is 0 Å². The van der Waals surface area contributed by atoms with E-state index in [4.69, 9.17) is 4.74 Å². The maximum atomic E-state index is 10.5. The molecule has 112 valence electrons. The lowest BCUT2D eigenvalue weighted by atomic mass is 9.86. The lowest BCUT2D eigenvalue weighted by molar-refractivity contribution is 0.219. The van der Waals surface area contributed by atoms with Crippen LogP contribution in [0.1, 0.15) is 49.1 Å². The van der Waals surface area contributed by atoms with Crippen molar-refractivity contribution >= 4 is 0 Å². The lowest BCUT2D eigenvalue weighted by Gasteiger charge is -2.20.